The Morgan fingerprint density at radius 2 is 2.08 bits per heavy atom. The van der Waals surface area contributed by atoms with Crippen LogP contribution in [0.4, 0.5) is 0 Å². The highest BCUT2D eigenvalue weighted by Crippen LogP contribution is 2.11. The molecule has 1 rings (SSSR count). The quantitative estimate of drug-likeness (QED) is 0.561. The highest BCUT2D eigenvalue weighted by Gasteiger charge is 2.19. The van der Waals surface area contributed by atoms with Crippen LogP contribution in [0.3, 0.4) is 0 Å². The number of hydrogen-bond donors (Lipinski definition) is 0. The minimum atomic E-state index is 1.13. The molecule has 13 heavy (non-hydrogen) atoms. The Labute approximate surface area is 81.6 Å². The minimum absolute atomic E-state index is 1.13. The maximum absolute atomic E-state index is 3.97. The second-order valence-corrected chi connectivity index (χ2v) is 3.94. The average Bonchev–Trinajstić information content (AvgIpc) is 2.28. The first-order valence-electron chi connectivity index (χ1n) is 5.09. The molecular formula is C11H21N2+. The van der Waals surface area contributed by atoms with Gasteiger partial charge in [-0.25, -0.2) is 4.90 Å². The molecule has 0 atom stereocenters. The van der Waals surface area contributed by atoms with Crippen molar-refractivity contribution in [2.75, 3.05) is 20.6 Å². The summed E-state index contributed by atoms with van der Waals surface area (Å²) >= 11 is 0. The Bertz CT molecular complexity index is 228. The number of hydrogen-bond acceptors (Lipinski definition) is 1. The van der Waals surface area contributed by atoms with E-state index in [9.17, 15) is 0 Å². The van der Waals surface area contributed by atoms with Crippen LogP contribution in [0.5, 0.6) is 0 Å². The van der Waals surface area contributed by atoms with Gasteiger partial charge in [-0.2, -0.15) is 0 Å². The van der Waals surface area contributed by atoms with Gasteiger partial charge >= 0.3 is 0 Å². The lowest BCUT2D eigenvalue weighted by atomic mass is 10.2. The Morgan fingerprint density at radius 1 is 1.38 bits per heavy atom. The van der Waals surface area contributed by atoms with E-state index in [2.05, 4.69) is 37.1 Å². The Morgan fingerprint density at radius 3 is 2.69 bits per heavy atom. The summed E-state index contributed by atoms with van der Waals surface area (Å²) in [4.78, 5) is 2.21. The second-order valence-electron chi connectivity index (χ2n) is 3.94. The topological polar surface area (TPSA) is 6.25 Å². The van der Waals surface area contributed by atoms with E-state index >= 15 is 0 Å². The van der Waals surface area contributed by atoms with Gasteiger partial charge in [-0.1, -0.05) is 6.58 Å². The van der Waals surface area contributed by atoms with Crippen molar-refractivity contribution in [1.82, 2.24) is 4.90 Å². The summed E-state index contributed by atoms with van der Waals surface area (Å²) in [5.74, 6) is 1.42. The first-order valence-corrected chi connectivity index (χ1v) is 5.09. The third-order valence-electron chi connectivity index (χ3n) is 2.79. The van der Waals surface area contributed by atoms with Crippen molar-refractivity contribution in [2.24, 2.45) is 0 Å². The van der Waals surface area contributed by atoms with Gasteiger partial charge in [0, 0.05) is 6.42 Å². The molecule has 1 aliphatic heterocycles. The molecule has 0 saturated heterocycles. The van der Waals surface area contributed by atoms with Gasteiger partial charge in [-0.3, -0.25) is 4.58 Å². The molecule has 0 spiro atoms. The van der Waals surface area contributed by atoms with Gasteiger partial charge in [0.1, 0.15) is 0 Å². The van der Waals surface area contributed by atoms with Crippen LogP contribution < -0.4 is 0 Å². The van der Waals surface area contributed by atoms with E-state index in [0.29, 0.717) is 0 Å². The molecule has 0 fully saturated rings. The standard InChI is InChI=1S/C11H21N2/c1-10(2)13(4)11-8-6-5-7-9-12(11)3/h1,5-9H2,2-4H3/q+1. The molecule has 0 amide bonds. The van der Waals surface area contributed by atoms with Gasteiger partial charge in [0.25, 0.3) is 5.84 Å². The largest absolute Gasteiger partial charge is 0.268 e. The Kier molecular flexibility index (Phi) is 3.52. The van der Waals surface area contributed by atoms with Gasteiger partial charge in [0.15, 0.2) is 0 Å². The van der Waals surface area contributed by atoms with E-state index in [-0.39, 0.29) is 0 Å². The predicted molar refractivity (Wildman–Crippen MR) is 57.1 cm³/mol. The van der Waals surface area contributed by atoms with Crippen LogP contribution in [-0.4, -0.2) is 36.0 Å². The fourth-order valence-electron chi connectivity index (χ4n) is 1.77. The Balaban J connectivity index is 2.78. The van der Waals surface area contributed by atoms with E-state index in [1.54, 1.807) is 0 Å². The van der Waals surface area contributed by atoms with Crippen molar-refractivity contribution < 1.29 is 4.58 Å². The number of allylic oxidation sites excluding steroid dienone is 1. The summed E-state index contributed by atoms with van der Waals surface area (Å²) in [6.07, 6.45) is 5.19. The maximum Gasteiger partial charge on any atom is 0.251 e. The van der Waals surface area contributed by atoms with E-state index in [4.69, 9.17) is 0 Å². The van der Waals surface area contributed by atoms with Gasteiger partial charge in [0.2, 0.25) is 0 Å². The van der Waals surface area contributed by atoms with Crippen molar-refractivity contribution >= 4 is 5.84 Å². The lowest BCUT2D eigenvalue weighted by Gasteiger charge is -2.15. The highest BCUT2D eigenvalue weighted by atomic mass is 15.2. The van der Waals surface area contributed by atoms with Gasteiger partial charge in [0.05, 0.1) is 26.3 Å². The van der Waals surface area contributed by atoms with Crippen molar-refractivity contribution in [3.05, 3.63) is 12.3 Å². The monoisotopic (exact) mass is 181 g/mol. The molecule has 0 saturated carbocycles. The van der Waals surface area contributed by atoms with E-state index < -0.39 is 0 Å². The zero-order valence-corrected chi connectivity index (χ0v) is 9.14. The summed E-state index contributed by atoms with van der Waals surface area (Å²) in [5.41, 5.74) is 1.13. The summed E-state index contributed by atoms with van der Waals surface area (Å²) in [6.45, 7) is 7.22. The van der Waals surface area contributed by atoms with Crippen molar-refractivity contribution in [2.45, 2.75) is 32.6 Å². The van der Waals surface area contributed by atoms with Gasteiger partial charge in [-0.05, 0) is 26.2 Å². The summed E-state index contributed by atoms with van der Waals surface area (Å²) < 4.78 is 2.36. The zero-order valence-electron chi connectivity index (χ0n) is 9.14. The molecule has 0 aromatic heterocycles. The first-order chi connectivity index (χ1) is 6.13. The smallest absolute Gasteiger partial charge is 0.251 e. The van der Waals surface area contributed by atoms with E-state index in [0.717, 1.165) is 5.70 Å². The number of amidine groups is 1. The lowest BCUT2D eigenvalue weighted by molar-refractivity contribution is -0.502. The molecule has 0 aromatic rings. The summed E-state index contributed by atoms with van der Waals surface area (Å²) in [7, 11) is 4.29. The van der Waals surface area contributed by atoms with E-state index in [1.165, 1.54) is 38.1 Å². The molecule has 1 aliphatic rings. The molecule has 0 N–H and O–H groups in total. The molecule has 1 heterocycles. The SMILES string of the molecule is C=C(C)N(C)C1=[N+](C)CCCCC1. The minimum Gasteiger partial charge on any atom is -0.268 e. The van der Waals surface area contributed by atoms with Crippen molar-refractivity contribution in [3.63, 3.8) is 0 Å². The van der Waals surface area contributed by atoms with Crippen LogP contribution in [-0.2, 0) is 0 Å². The maximum atomic E-state index is 3.97. The zero-order chi connectivity index (χ0) is 9.84. The molecule has 0 aliphatic carbocycles. The first kappa shape index (κ1) is 10.3. The molecule has 0 unspecified atom stereocenters. The lowest BCUT2D eigenvalue weighted by Crippen LogP contribution is -2.32. The van der Waals surface area contributed by atoms with E-state index in [1.807, 2.05) is 0 Å². The molecular weight excluding hydrogens is 160 g/mol. The van der Waals surface area contributed by atoms with Crippen LogP contribution in [0.15, 0.2) is 12.3 Å². The second kappa shape index (κ2) is 4.45. The van der Waals surface area contributed by atoms with Crippen molar-refractivity contribution in [1.29, 1.82) is 0 Å². The van der Waals surface area contributed by atoms with Crippen LogP contribution in [0.25, 0.3) is 0 Å². The van der Waals surface area contributed by atoms with Crippen LogP contribution in [0, 0.1) is 0 Å². The molecule has 2 heteroatoms. The van der Waals surface area contributed by atoms with Crippen LogP contribution >= 0.6 is 0 Å². The Hall–Kier alpha value is -0.790. The third-order valence-corrected chi connectivity index (χ3v) is 2.79. The molecule has 2 nitrogen and oxygen atoms in total. The molecule has 0 bridgehead atoms. The molecule has 0 radical (unpaired) electrons. The van der Waals surface area contributed by atoms with Gasteiger partial charge < -0.3 is 0 Å². The summed E-state index contributed by atoms with van der Waals surface area (Å²) in [5, 5.41) is 0. The normalized spacial score (nSPS) is 18.4. The fourth-order valence-corrected chi connectivity index (χ4v) is 1.77. The average molecular weight is 181 g/mol. The number of rotatable bonds is 1. The van der Waals surface area contributed by atoms with Crippen molar-refractivity contribution in [3.8, 4) is 0 Å². The van der Waals surface area contributed by atoms with Crippen LogP contribution in [0.1, 0.15) is 32.6 Å². The van der Waals surface area contributed by atoms with Gasteiger partial charge in [-0.15, -0.1) is 0 Å². The molecule has 0 aromatic carbocycles. The highest BCUT2D eigenvalue weighted by molar-refractivity contribution is 5.78. The third kappa shape index (κ3) is 2.58. The molecule has 74 valence electrons. The fraction of sp³-hybridized carbons (Fsp3) is 0.727. The summed E-state index contributed by atoms with van der Waals surface area (Å²) in [6, 6.07) is 0. The number of nitrogens with zero attached hydrogens (tertiary/aromatic N) is 2. The predicted octanol–water partition coefficient (Wildman–Crippen LogP) is 2.07. The van der Waals surface area contributed by atoms with Crippen LogP contribution in [0.2, 0.25) is 0 Å².